The summed E-state index contributed by atoms with van der Waals surface area (Å²) in [5.74, 6) is 1.12. The van der Waals surface area contributed by atoms with Crippen LogP contribution in [0.3, 0.4) is 0 Å². The van der Waals surface area contributed by atoms with Gasteiger partial charge in [0.05, 0.1) is 0 Å². The van der Waals surface area contributed by atoms with E-state index < -0.39 is 0 Å². The van der Waals surface area contributed by atoms with E-state index in [1.54, 1.807) is 0 Å². The van der Waals surface area contributed by atoms with Gasteiger partial charge in [-0.25, -0.2) is 4.98 Å². The second kappa shape index (κ2) is 5.88. The second-order valence-corrected chi connectivity index (χ2v) is 4.35. The molecule has 0 amide bonds. The van der Waals surface area contributed by atoms with E-state index >= 15 is 0 Å². The molecule has 1 rings (SSSR count). The Bertz CT molecular complexity index is 280. The van der Waals surface area contributed by atoms with E-state index in [0.717, 1.165) is 31.6 Å². The van der Waals surface area contributed by atoms with Gasteiger partial charge in [0.25, 0.3) is 0 Å². The molecule has 1 unspecified atom stereocenters. The summed E-state index contributed by atoms with van der Waals surface area (Å²) in [6.45, 7) is 1.06. The van der Waals surface area contributed by atoms with E-state index in [-0.39, 0.29) is 6.04 Å². The number of nitrogens with two attached hydrogens (primary N) is 1. The van der Waals surface area contributed by atoms with Crippen molar-refractivity contribution >= 4 is 0 Å². The van der Waals surface area contributed by atoms with Gasteiger partial charge in [0.2, 0.25) is 0 Å². The lowest BCUT2D eigenvalue weighted by molar-refractivity contribution is 0.374. The molecule has 0 bridgehead atoms. The summed E-state index contributed by atoms with van der Waals surface area (Å²) < 4.78 is 2.05. The predicted molar refractivity (Wildman–Crippen MR) is 62.7 cm³/mol. The Hall–Kier alpha value is -0.870. The van der Waals surface area contributed by atoms with Crippen LogP contribution in [0.5, 0.6) is 0 Å². The van der Waals surface area contributed by atoms with Crippen molar-refractivity contribution in [3.05, 3.63) is 18.2 Å². The maximum Gasteiger partial charge on any atom is 0.108 e. The van der Waals surface area contributed by atoms with Gasteiger partial charge < -0.3 is 15.2 Å². The molecule has 0 aliphatic heterocycles. The molecule has 0 aliphatic rings. The van der Waals surface area contributed by atoms with Gasteiger partial charge in [0, 0.05) is 31.9 Å². The van der Waals surface area contributed by atoms with Crippen LogP contribution in [-0.2, 0) is 13.5 Å². The summed E-state index contributed by atoms with van der Waals surface area (Å²) in [5, 5.41) is 0. The molecular weight excluding hydrogens is 188 g/mol. The van der Waals surface area contributed by atoms with Gasteiger partial charge in [-0.2, -0.15) is 0 Å². The van der Waals surface area contributed by atoms with Crippen molar-refractivity contribution in [2.24, 2.45) is 12.8 Å². The Kier molecular flexibility index (Phi) is 4.78. The molecule has 0 aliphatic carbocycles. The fourth-order valence-electron chi connectivity index (χ4n) is 1.52. The monoisotopic (exact) mass is 210 g/mol. The number of aromatic nitrogens is 2. The highest BCUT2D eigenvalue weighted by atomic mass is 15.1. The highest BCUT2D eigenvalue weighted by Crippen LogP contribution is 2.03. The van der Waals surface area contributed by atoms with Gasteiger partial charge >= 0.3 is 0 Å². The topological polar surface area (TPSA) is 47.1 Å². The molecule has 15 heavy (non-hydrogen) atoms. The summed E-state index contributed by atoms with van der Waals surface area (Å²) >= 11 is 0. The van der Waals surface area contributed by atoms with Crippen LogP contribution in [0, 0.1) is 0 Å². The first-order chi connectivity index (χ1) is 7.09. The number of hydrogen-bond donors (Lipinski definition) is 1. The summed E-state index contributed by atoms with van der Waals surface area (Å²) in [7, 11) is 6.17. The van der Waals surface area contributed by atoms with Crippen LogP contribution in [0.4, 0.5) is 0 Å². The minimum atomic E-state index is 0.282. The quantitative estimate of drug-likeness (QED) is 0.749. The maximum atomic E-state index is 6.02. The molecule has 1 aromatic heterocycles. The number of hydrogen-bond acceptors (Lipinski definition) is 3. The average Bonchev–Trinajstić information content (AvgIpc) is 2.58. The fourth-order valence-corrected chi connectivity index (χ4v) is 1.52. The Labute approximate surface area is 92.1 Å². The third-order valence-electron chi connectivity index (χ3n) is 2.61. The molecule has 1 heterocycles. The van der Waals surface area contributed by atoms with Crippen LogP contribution in [0.15, 0.2) is 12.4 Å². The Morgan fingerprint density at radius 1 is 1.47 bits per heavy atom. The minimum Gasteiger partial charge on any atom is -0.338 e. The zero-order valence-corrected chi connectivity index (χ0v) is 9.98. The lowest BCUT2D eigenvalue weighted by atomic mass is 10.1. The first kappa shape index (κ1) is 12.2. The molecule has 4 nitrogen and oxygen atoms in total. The molecule has 1 aromatic rings. The van der Waals surface area contributed by atoms with Crippen molar-refractivity contribution < 1.29 is 0 Å². The maximum absolute atomic E-state index is 6.02. The molecular formula is C11H22N4. The first-order valence-corrected chi connectivity index (χ1v) is 5.46. The summed E-state index contributed by atoms with van der Waals surface area (Å²) in [5.41, 5.74) is 6.02. The highest BCUT2D eigenvalue weighted by Gasteiger charge is 2.06. The number of rotatable bonds is 6. The largest absolute Gasteiger partial charge is 0.338 e. The molecule has 0 saturated heterocycles. The van der Waals surface area contributed by atoms with Crippen LogP contribution in [0.1, 0.15) is 18.7 Å². The molecule has 0 fully saturated rings. The van der Waals surface area contributed by atoms with Crippen LogP contribution in [-0.4, -0.2) is 41.1 Å². The molecule has 0 spiro atoms. The molecule has 2 N–H and O–H groups in total. The van der Waals surface area contributed by atoms with Gasteiger partial charge in [-0.15, -0.1) is 0 Å². The van der Waals surface area contributed by atoms with Crippen molar-refractivity contribution in [3.8, 4) is 0 Å². The summed E-state index contributed by atoms with van der Waals surface area (Å²) in [4.78, 5) is 6.45. The second-order valence-electron chi connectivity index (χ2n) is 4.35. The lowest BCUT2D eigenvalue weighted by Gasteiger charge is -2.14. The Morgan fingerprint density at radius 3 is 2.73 bits per heavy atom. The van der Waals surface area contributed by atoms with E-state index in [2.05, 4.69) is 28.5 Å². The van der Waals surface area contributed by atoms with Crippen LogP contribution < -0.4 is 5.73 Å². The molecule has 86 valence electrons. The van der Waals surface area contributed by atoms with Crippen molar-refractivity contribution in [3.63, 3.8) is 0 Å². The van der Waals surface area contributed by atoms with E-state index in [1.807, 2.05) is 19.4 Å². The molecule has 0 radical (unpaired) electrons. The predicted octanol–water partition coefficient (Wildman–Crippen LogP) is 0.632. The highest BCUT2D eigenvalue weighted by molar-refractivity contribution is 4.91. The third-order valence-corrected chi connectivity index (χ3v) is 2.61. The number of imidazole rings is 1. The van der Waals surface area contributed by atoms with Crippen LogP contribution in [0.2, 0.25) is 0 Å². The summed E-state index contributed by atoms with van der Waals surface area (Å²) in [6.07, 6.45) is 6.84. The first-order valence-electron chi connectivity index (χ1n) is 5.46. The van der Waals surface area contributed by atoms with Crippen LogP contribution >= 0.6 is 0 Å². The number of aryl methyl sites for hydroxylation is 2. The van der Waals surface area contributed by atoms with Crippen molar-refractivity contribution in [2.45, 2.75) is 25.3 Å². The molecule has 0 saturated carbocycles. The SMILES string of the molecule is CN(C)CCC(N)CCc1nccn1C. The molecule has 1 atom stereocenters. The smallest absolute Gasteiger partial charge is 0.108 e. The zero-order chi connectivity index (χ0) is 11.3. The van der Waals surface area contributed by atoms with Gasteiger partial charge in [0.1, 0.15) is 5.82 Å². The van der Waals surface area contributed by atoms with Gasteiger partial charge in [-0.1, -0.05) is 0 Å². The van der Waals surface area contributed by atoms with Crippen LogP contribution in [0.25, 0.3) is 0 Å². The van der Waals surface area contributed by atoms with Crippen molar-refractivity contribution in [1.29, 1.82) is 0 Å². The van der Waals surface area contributed by atoms with Gasteiger partial charge in [-0.3, -0.25) is 0 Å². The Balaban J connectivity index is 2.22. The summed E-state index contributed by atoms with van der Waals surface area (Å²) in [6, 6.07) is 0.282. The minimum absolute atomic E-state index is 0.282. The van der Waals surface area contributed by atoms with Crippen molar-refractivity contribution in [1.82, 2.24) is 14.5 Å². The Morgan fingerprint density at radius 2 is 2.20 bits per heavy atom. The lowest BCUT2D eigenvalue weighted by Crippen LogP contribution is -2.26. The fraction of sp³-hybridized carbons (Fsp3) is 0.727. The molecule has 4 heteroatoms. The van der Waals surface area contributed by atoms with Gasteiger partial charge in [0.15, 0.2) is 0 Å². The van der Waals surface area contributed by atoms with E-state index in [9.17, 15) is 0 Å². The average molecular weight is 210 g/mol. The molecule has 0 aromatic carbocycles. The normalized spacial score (nSPS) is 13.4. The van der Waals surface area contributed by atoms with E-state index in [1.165, 1.54) is 0 Å². The van der Waals surface area contributed by atoms with E-state index in [4.69, 9.17) is 5.73 Å². The van der Waals surface area contributed by atoms with Gasteiger partial charge in [-0.05, 0) is 33.5 Å². The number of nitrogens with zero attached hydrogens (tertiary/aromatic N) is 3. The zero-order valence-electron chi connectivity index (χ0n) is 9.98. The van der Waals surface area contributed by atoms with E-state index in [0.29, 0.717) is 0 Å². The van der Waals surface area contributed by atoms with Crippen molar-refractivity contribution in [2.75, 3.05) is 20.6 Å². The third kappa shape index (κ3) is 4.44. The standard InChI is InChI=1S/C11H22N4/c1-14(2)8-6-10(12)4-5-11-13-7-9-15(11)3/h7,9-10H,4-6,8,12H2,1-3H3.